The maximum Gasteiger partial charge on any atom is 0.00990 e. The van der Waals surface area contributed by atoms with Crippen LogP contribution in [0.5, 0.6) is 0 Å². The van der Waals surface area contributed by atoms with Crippen LogP contribution in [0.1, 0.15) is 0 Å². The Labute approximate surface area is 78.7 Å². The summed E-state index contributed by atoms with van der Waals surface area (Å²) < 4.78 is 0. The van der Waals surface area contributed by atoms with Crippen LogP contribution in [0.3, 0.4) is 0 Å². The van der Waals surface area contributed by atoms with E-state index >= 15 is 0 Å². The quantitative estimate of drug-likeness (QED) is 0.519. The molecule has 0 spiro atoms. The Hall–Kier alpha value is -1.30. The molecule has 0 heteroatoms. The largest absolute Gasteiger partial charge is 0.0764 e. The first kappa shape index (κ1) is 7.14. The zero-order valence-electron chi connectivity index (χ0n) is 7.27. The van der Waals surface area contributed by atoms with Gasteiger partial charge in [-0.25, -0.2) is 0 Å². The lowest BCUT2D eigenvalue weighted by atomic mass is 9.78. The van der Waals surface area contributed by atoms with Gasteiger partial charge in [-0.1, -0.05) is 48.6 Å². The highest BCUT2D eigenvalue weighted by atomic mass is 14.3. The highest BCUT2D eigenvalue weighted by molar-refractivity contribution is 5.50. The molecule has 3 aliphatic carbocycles. The Kier molecular flexibility index (Phi) is 1.42. The normalized spacial score (nSPS) is 33.8. The lowest BCUT2D eigenvalue weighted by molar-refractivity contribution is 0.741. The standard InChI is InChI=1S/C13H10/c1-2-5-11-9-13-7-3-6-12(13)8-10(11)4-1/h1-8,11,13H. The van der Waals surface area contributed by atoms with Gasteiger partial charge in [0.25, 0.3) is 0 Å². The predicted octanol–water partition coefficient (Wildman–Crippen LogP) is 2.86. The van der Waals surface area contributed by atoms with E-state index in [1.165, 1.54) is 11.1 Å². The van der Waals surface area contributed by atoms with Gasteiger partial charge in [0.1, 0.15) is 0 Å². The third-order valence-electron chi connectivity index (χ3n) is 2.71. The molecule has 0 aromatic rings. The molecule has 0 N–H and O–H groups in total. The zero-order valence-corrected chi connectivity index (χ0v) is 7.27. The van der Waals surface area contributed by atoms with Crippen LogP contribution < -0.4 is 0 Å². The van der Waals surface area contributed by atoms with E-state index in [0.29, 0.717) is 11.8 Å². The molecule has 0 amide bonds. The molecule has 0 nitrogen and oxygen atoms in total. The van der Waals surface area contributed by atoms with Gasteiger partial charge < -0.3 is 0 Å². The molecule has 2 atom stereocenters. The van der Waals surface area contributed by atoms with Crippen LogP contribution in [0.15, 0.2) is 59.8 Å². The van der Waals surface area contributed by atoms with Crippen LogP contribution in [-0.2, 0) is 0 Å². The number of hydrogen-bond acceptors (Lipinski definition) is 0. The molecule has 2 unspecified atom stereocenters. The van der Waals surface area contributed by atoms with Crippen molar-refractivity contribution in [3.8, 4) is 0 Å². The van der Waals surface area contributed by atoms with E-state index in [1.54, 1.807) is 0 Å². The van der Waals surface area contributed by atoms with Crippen LogP contribution >= 0.6 is 0 Å². The fourth-order valence-electron chi connectivity index (χ4n) is 2.01. The third-order valence-corrected chi connectivity index (χ3v) is 2.71. The molecule has 0 saturated heterocycles. The van der Waals surface area contributed by atoms with Crippen LogP contribution in [0.25, 0.3) is 0 Å². The van der Waals surface area contributed by atoms with Gasteiger partial charge in [0.2, 0.25) is 0 Å². The number of allylic oxidation sites excluding steroid dienone is 10. The van der Waals surface area contributed by atoms with Gasteiger partial charge >= 0.3 is 0 Å². The second-order valence-corrected chi connectivity index (χ2v) is 3.56. The van der Waals surface area contributed by atoms with Crippen molar-refractivity contribution in [2.75, 3.05) is 0 Å². The lowest BCUT2D eigenvalue weighted by Gasteiger charge is -2.26. The fourth-order valence-corrected chi connectivity index (χ4v) is 2.01. The maximum absolute atomic E-state index is 3.56. The first-order valence-electron chi connectivity index (χ1n) is 4.64. The Morgan fingerprint density at radius 3 is 2.77 bits per heavy atom. The second-order valence-electron chi connectivity index (χ2n) is 3.56. The van der Waals surface area contributed by atoms with E-state index in [-0.39, 0.29) is 0 Å². The van der Waals surface area contributed by atoms with Gasteiger partial charge in [-0.05, 0) is 11.1 Å². The Morgan fingerprint density at radius 1 is 0.923 bits per heavy atom. The highest BCUT2D eigenvalue weighted by Crippen LogP contribution is 2.37. The molecule has 0 heterocycles. The van der Waals surface area contributed by atoms with Crippen molar-refractivity contribution in [3.05, 3.63) is 66.2 Å². The molecule has 13 heavy (non-hydrogen) atoms. The summed E-state index contributed by atoms with van der Waals surface area (Å²) in [4.78, 5) is 0. The van der Waals surface area contributed by atoms with Crippen molar-refractivity contribution in [1.29, 1.82) is 0 Å². The van der Waals surface area contributed by atoms with Crippen molar-refractivity contribution >= 4 is 0 Å². The predicted molar refractivity (Wildman–Crippen MR) is 53.8 cm³/mol. The molecular weight excluding hydrogens is 156 g/mol. The summed E-state index contributed by atoms with van der Waals surface area (Å²) in [5.74, 6) is 0.847. The molecule has 3 aliphatic rings. The molecule has 0 saturated carbocycles. The lowest BCUT2D eigenvalue weighted by Crippen LogP contribution is -2.15. The van der Waals surface area contributed by atoms with Crippen LogP contribution in [0.4, 0.5) is 0 Å². The summed E-state index contributed by atoms with van der Waals surface area (Å²) in [6, 6.07) is 0. The van der Waals surface area contributed by atoms with E-state index in [0.717, 1.165) is 0 Å². The van der Waals surface area contributed by atoms with E-state index in [9.17, 15) is 0 Å². The summed E-state index contributed by atoms with van der Waals surface area (Å²) in [5, 5.41) is 0. The van der Waals surface area contributed by atoms with Gasteiger partial charge in [-0.3, -0.25) is 0 Å². The van der Waals surface area contributed by atoms with Gasteiger partial charge in [0.15, 0.2) is 0 Å². The van der Waals surface area contributed by atoms with Crippen molar-refractivity contribution in [2.45, 2.75) is 0 Å². The number of rotatable bonds is 0. The molecule has 0 aromatic heterocycles. The average Bonchev–Trinajstić information content (AvgIpc) is 2.61. The fraction of sp³-hybridized carbons (Fsp3) is 0.154. The minimum absolute atomic E-state index is 0.412. The van der Waals surface area contributed by atoms with Gasteiger partial charge in [0.05, 0.1) is 0 Å². The highest BCUT2D eigenvalue weighted by Gasteiger charge is 2.25. The zero-order chi connectivity index (χ0) is 8.67. The SMILES string of the molecule is [C]1C2C=CC=C2C=C2C=CC=CC12. The van der Waals surface area contributed by atoms with Gasteiger partial charge in [-0.2, -0.15) is 0 Å². The monoisotopic (exact) mass is 166 g/mol. The molecule has 0 fully saturated rings. The Bertz CT molecular complexity index is 375. The molecule has 0 aromatic carbocycles. The Balaban J connectivity index is 2.04. The first-order chi connectivity index (χ1) is 6.43. The van der Waals surface area contributed by atoms with E-state index in [2.05, 4.69) is 55.0 Å². The van der Waals surface area contributed by atoms with Crippen molar-refractivity contribution in [3.63, 3.8) is 0 Å². The summed E-state index contributed by atoms with van der Waals surface area (Å²) in [5.41, 5.74) is 2.75. The summed E-state index contributed by atoms with van der Waals surface area (Å²) in [7, 11) is 0. The van der Waals surface area contributed by atoms with Crippen LogP contribution in [0.2, 0.25) is 0 Å². The molecule has 62 valence electrons. The number of fused-ring (bicyclic) bond motifs is 2. The third kappa shape index (κ3) is 1.06. The van der Waals surface area contributed by atoms with Gasteiger partial charge in [-0.15, -0.1) is 0 Å². The van der Waals surface area contributed by atoms with Crippen molar-refractivity contribution < 1.29 is 0 Å². The van der Waals surface area contributed by atoms with Crippen molar-refractivity contribution in [1.82, 2.24) is 0 Å². The first-order valence-corrected chi connectivity index (χ1v) is 4.64. The molecule has 0 bridgehead atoms. The molecule has 2 radical (unpaired) electrons. The topological polar surface area (TPSA) is 0 Å². The molecule has 0 aliphatic heterocycles. The molecular formula is C13H10. The van der Waals surface area contributed by atoms with E-state index in [4.69, 9.17) is 0 Å². The summed E-state index contributed by atoms with van der Waals surface area (Å²) in [6.07, 6.45) is 20.9. The van der Waals surface area contributed by atoms with E-state index in [1.807, 2.05) is 0 Å². The van der Waals surface area contributed by atoms with Crippen LogP contribution in [-0.4, -0.2) is 0 Å². The second kappa shape index (κ2) is 2.59. The maximum atomic E-state index is 3.56. The van der Waals surface area contributed by atoms with Crippen molar-refractivity contribution in [2.24, 2.45) is 11.8 Å². The minimum atomic E-state index is 0.412. The smallest absolute Gasteiger partial charge is 0.00990 e. The minimum Gasteiger partial charge on any atom is -0.0764 e. The molecule has 3 rings (SSSR count). The van der Waals surface area contributed by atoms with Crippen LogP contribution in [0, 0.1) is 18.3 Å². The summed E-state index contributed by atoms with van der Waals surface area (Å²) in [6.45, 7) is 0. The van der Waals surface area contributed by atoms with E-state index < -0.39 is 0 Å². The summed E-state index contributed by atoms with van der Waals surface area (Å²) >= 11 is 0. The number of hydrogen-bond donors (Lipinski definition) is 0. The Morgan fingerprint density at radius 2 is 1.77 bits per heavy atom. The average molecular weight is 166 g/mol. The van der Waals surface area contributed by atoms with Gasteiger partial charge in [0, 0.05) is 18.3 Å².